The normalized spacial score (nSPS) is 16.2. The third-order valence-corrected chi connectivity index (χ3v) is 5.86. The van der Waals surface area contributed by atoms with Crippen LogP contribution in [0.4, 0.5) is 0 Å². The summed E-state index contributed by atoms with van der Waals surface area (Å²) in [7, 11) is 1.67. The van der Waals surface area contributed by atoms with Crippen molar-refractivity contribution in [3.63, 3.8) is 0 Å². The molecule has 1 aliphatic rings. The third-order valence-electron chi connectivity index (χ3n) is 5.86. The number of hydrogen-bond donors (Lipinski definition) is 0. The first kappa shape index (κ1) is 20.1. The molecule has 4 aromatic rings. The third kappa shape index (κ3) is 3.89. The van der Waals surface area contributed by atoms with Gasteiger partial charge in [-0.1, -0.05) is 54.6 Å². The zero-order valence-corrected chi connectivity index (χ0v) is 17.9. The number of para-hydroxylation sites is 1. The SMILES string of the molecule is COc1ccccc1-c1ccc2oc([C@@H]3CCCN3C(=O)/C=C/c3ccccc3)nc2c1. The Bertz CT molecular complexity index is 1280. The van der Waals surface area contributed by atoms with Crippen LogP contribution in [-0.2, 0) is 4.79 Å². The van der Waals surface area contributed by atoms with Gasteiger partial charge in [0.1, 0.15) is 17.3 Å². The van der Waals surface area contributed by atoms with Crippen LogP contribution < -0.4 is 4.74 Å². The van der Waals surface area contributed by atoms with Gasteiger partial charge < -0.3 is 14.1 Å². The average Bonchev–Trinajstić information content (AvgIpc) is 3.49. The maximum absolute atomic E-state index is 12.9. The predicted octanol–water partition coefficient (Wildman–Crippen LogP) is 5.88. The van der Waals surface area contributed by atoms with E-state index in [-0.39, 0.29) is 11.9 Å². The van der Waals surface area contributed by atoms with Gasteiger partial charge >= 0.3 is 0 Å². The molecule has 0 N–H and O–H groups in total. The number of nitrogens with zero attached hydrogens (tertiary/aromatic N) is 2. The summed E-state index contributed by atoms with van der Waals surface area (Å²) in [5, 5.41) is 0. The summed E-state index contributed by atoms with van der Waals surface area (Å²) in [6.45, 7) is 0.702. The lowest BCUT2D eigenvalue weighted by atomic mass is 10.0. The fourth-order valence-electron chi connectivity index (χ4n) is 4.25. The number of carbonyl (C=O) groups is 1. The Kier molecular flexibility index (Phi) is 5.46. The molecular formula is C27H24N2O3. The van der Waals surface area contributed by atoms with Crippen LogP contribution in [0.15, 0.2) is 83.3 Å². The number of methoxy groups -OCH3 is 1. The van der Waals surface area contributed by atoms with Crippen molar-refractivity contribution in [2.75, 3.05) is 13.7 Å². The molecule has 1 aliphatic heterocycles. The van der Waals surface area contributed by atoms with Crippen molar-refractivity contribution in [2.24, 2.45) is 0 Å². The van der Waals surface area contributed by atoms with Crippen molar-refractivity contribution in [1.82, 2.24) is 9.88 Å². The quantitative estimate of drug-likeness (QED) is 0.375. The largest absolute Gasteiger partial charge is 0.496 e. The molecule has 1 amide bonds. The second kappa shape index (κ2) is 8.71. The van der Waals surface area contributed by atoms with Gasteiger partial charge in [0.2, 0.25) is 11.8 Å². The second-order valence-corrected chi connectivity index (χ2v) is 7.87. The van der Waals surface area contributed by atoms with Crippen molar-refractivity contribution in [3.05, 3.63) is 90.3 Å². The van der Waals surface area contributed by atoms with E-state index >= 15 is 0 Å². The van der Waals surface area contributed by atoms with Crippen molar-refractivity contribution >= 4 is 23.1 Å². The standard InChI is InChI=1S/C27H24N2O3/c1-31-24-12-6-5-10-21(24)20-14-15-25-22(18-20)28-27(32-25)23-11-7-17-29(23)26(30)16-13-19-8-3-2-4-9-19/h2-6,8-10,12-16,18,23H,7,11,17H2,1H3/b16-13+/t23-/m0/s1. The van der Waals surface area contributed by atoms with E-state index in [4.69, 9.17) is 14.1 Å². The molecule has 0 radical (unpaired) electrons. The molecule has 160 valence electrons. The highest BCUT2D eigenvalue weighted by Crippen LogP contribution is 2.36. The Morgan fingerprint density at radius 2 is 1.91 bits per heavy atom. The van der Waals surface area contributed by atoms with Crippen LogP contribution in [0.1, 0.15) is 30.3 Å². The molecule has 1 fully saturated rings. The molecule has 5 rings (SSSR count). The Labute approximate surface area is 187 Å². The van der Waals surface area contributed by atoms with E-state index in [1.54, 1.807) is 13.2 Å². The number of fused-ring (bicyclic) bond motifs is 1. The Morgan fingerprint density at radius 3 is 2.75 bits per heavy atom. The minimum atomic E-state index is -0.148. The molecule has 32 heavy (non-hydrogen) atoms. The van der Waals surface area contributed by atoms with Crippen LogP contribution in [0.25, 0.3) is 28.3 Å². The number of hydrogen-bond acceptors (Lipinski definition) is 4. The van der Waals surface area contributed by atoms with Gasteiger partial charge in [-0.25, -0.2) is 4.98 Å². The fraction of sp³-hybridized carbons (Fsp3) is 0.185. The molecule has 0 unspecified atom stereocenters. The van der Waals surface area contributed by atoms with Gasteiger partial charge in [0, 0.05) is 18.2 Å². The van der Waals surface area contributed by atoms with Crippen molar-refractivity contribution in [1.29, 1.82) is 0 Å². The molecule has 1 atom stereocenters. The number of oxazole rings is 1. The van der Waals surface area contributed by atoms with Crippen LogP contribution in [0.2, 0.25) is 0 Å². The van der Waals surface area contributed by atoms with E-state index in [9.17, 15) is 4.79 Å². The van der Waals surface area contributed by atoms with E-state index in [2.05, 4.69) is 0 Å². The van der Waals surface area contributed by atoms with E-state index in [1.807, 2.05) is 83.8 Å². The summed E-state index contributed by atoms with van der Waals surface area (Å²) in [6, 6.07) is 23.5. The Hall–Kier alpha value is -3.86. The zero-order valence-electron chi connectivity index (χ0n) is 17.9. The van der Waals surface area contributed by atoms with Crippen LogP contribution in [0.3, 0.4) is 0 Å². The van der Waals surface area contributed by atoms with Gasteiger partial charge in [0.15, 0.2) is 5.58 Å². The molecule has 5 heteroatoms. The molecule has 0 bridgehead atoms. The maximum Gasteiger partial charge on any atom is 0.247 e. The summed E-state index contributed by atoms with van der Waals surface area (Å²) >= 11 is 0. The number of likely N-dealkylation sites (tertiary alicyclic amines) is 1. The van der Waals surface area contributed by atoms with Gasteiger partial charge in [-0.3, -0.25) is 4.79 Å². The first-order valence-electron chi connectivity index (χ1n) is 10.8. The smallest absolute Gasteiger partial charge is 0.247 e. The van der Waals surface area contributed by atoms with Gasteiger partial charge in [-0.2, -0.15) is 0 Å². The second-order valence-electron chi connectivity index (χ2n) is 7.87. The van der Waals surface area contributed by atoms with Crippen LogP contribution in [-0.4, -0.2) is 29.4 Å². The van der Waals surface area contributed by atoms with Crippen molar-refractivity contribution in [2.45, 2.75) is 18.9 Å². The number of aromatic nitrogens is 1. The first-order chi connectivity index (χ1) is 15.7. The minimum absolute atomic E-state index is 0.0201. The number of amides is 1. The van der Waals surface area contributed by atoms with Crippen LogP contribution in [0, 0.1) is 0 Å². The Morgan fingerprint density at radius 1 is 1.09 bits per heavy atom. The van der Waals surface area contributed by atoms with E-state index < -0.39 is 0 Å². The first-order valence-corrected chi connectivity index (χ1v) is 10.8. The molecule has 0 aliphatic carbocycles. The van der Waals surface area contributed by atoms with Gasteiger partial charge in [-0.05, 0) is 48.2 Å². The lowest BCUT2D eigenvalue weighted by molar-refractivity contribution is -0.127. The average molecular weight is 425 g/mol. The summed E-state index contributed by atoms with van der Waals surface area (Å²) in [5.74, 6) is 1.39. The van der Waals surface area contributed by atoms with Crippen LogP contribution >= 0.6 is 0 Å². The summed E-state index contributed by atoms with van der Waals surface area (Å²) in [6.07, 6.45) is 5.26. The lowest BCUT2D eigenvalue weighted by Crippen LogP contribution is -2.29. The van der Waals surface area contributed by atoms with Gasteiger partial charge in [0.05, 0.1) is 7.11 Å². The maximum atomic E-state index is 12.9. The fourth-order valence-corrected chi connectivity index (χ4v) is 4.25. The molecule has 5 nitrogen and oxygen atoms in total. The molecule has 3 aromatic carbocycles. The highest BCUT2D eigenvalue weighted by Gasteiger charge is 2.32. The Balaban J connectivity index is 1.41. The minimum Gasteiger partial charge on any atom is -0.496 e. The van der Waals surface area contributed by atoms with Crippen molar-refractivity contribution in [3.8, 4) is 16.9 Å². The van der Waals surface area contributed by atoms with E-state index in [0.717, 1.165) is 46.4 Å². The summed E-state index contributed by atoms with van der Waals surface area (Å²) < 4.78 is 11.6. The molecular weight excluding hydrogens is 400 g/mol. The monoisotopic (exact) mass is 424 g/mol. The van der Waals surface area contributed by atoms with Crippen LogP contribution in [0.5, 0.6) is 5.75 Å². The summed E-state index contributed by atoms with van der Waals surface area (Å²) in [5.41, 5.74) is 4.52. The predicted molar refractivity (Wildman–Crippen MR) is 125 cm³/mol. The van der Waals surface area contributed by atoms with E-state index in [1.165, 1.54) is 0 Å². The molecule has 0 saturated carbocycles. The molecule has 2 heterocycles. The van der Waals surface area contributed by atoms with E-state index in [0.29, 0.717) is 12.4 Å². The van der Waals surface area contributed by atoms with Gasteiger partial charge in [-0.15, -0.1) is 0 Å². The number of benzene rings is 3. The molecule has 0 spiro atoms. The molecule has 1 aromatic heterocycles. The highest BCUT2D eigenvalue weighted by atomic mass is 16.5. The molecule has 1 saturated heterocycles. The highest BCUT2D eigenvalue weighted by molar-refractivity contribution is 5.92. The number of carbonyl (C=O) groups excluding carboxylic acids is 1. The topological polar surface area (TPSA) is 55.6 Å². The summed E-state index contributed by atoms with van der Waals surface area (Å²) in [4.78, 5) is 19.5. The lowest BCUT2D eigenvalue weighted by Gasteiger charge is -2.20. The van der Waals surface area contributed by atoms with Crippen molar-refractivity contribution < 1.29 is 13.9 Å². The van der Waals surface area contributed by atoms with Gasteiger partial charge in [0.25, 0.3) is 0 Å². The zero-order chi connectivity index (χ0) is 21.9. The number of rotatable bonds is 5. The number of ether oxygens (including phenoxy) is 1.